The van der Waals surface area contributed by atoms with E-state index in [-0.39, 0.29) is 6.61 Å². The third-order valence-corrected chi connectivity index (χ3v) is 2.39. The number of rotatable bonds is 4. The molecule has 0 aliphatic carbocycles. The lowest BCUT2D eigenvalue weighted by atomic mass is 10.2. The summed E-state index contributed by atoms with van der Waals surface area (Å²) in [5.74, 6) is 0.0728. The fraction of sp³-hybridized carbons (Fsp3) is 0.143. The highest BCUT2D eigenvalue weighted by molar-refractivity contribution is 5.89. The van der Waals surface area contributed by atoms with Crippen molar-refractivity contribution in [1.29, 1.82) is 0 Å². The van der Waals surface area contributed by atoms with Gasteiger partial charge in [0, 0.05) is 12.3 Å². The predicted octanol–water partition coefficient (Wildman–Crippen LogP) is 2.45. The first-order valence-electron chi connectivity index (χ1n) is 5.50. The van der Waals surface area contributed by atoms with Gasteiger partial charge in [-0.2, -0.15) is 0 Å². The second-order valence-corrected chi connectivity index (χ2v) is 3.65. The average Bonchev–Trinajstić information content (AvgIpc) is 2.46. The number of carbonyl (C=O) groups is 1. The maximum atomic E-state index is 11.7. The van der Waals surface area contributed by atoms with Gasteiger partial charge in [-0.05, 0) is 11.6 Å². The lowest BCUT2D eigenvalue weighted by Gasteiger charge is -2.05. The van der Waals surface area contributed by atoms with E-state index in [9.17, 15) is 4.79 Å². The molecule has 0 N–H and O–H groups in total. The van der Waals surface area contributed by atoms with Gasteiger partial charge >= 0.3 is 5.97 Å². The van der Waals surface area contributed by atoms with Crippen molar-refractivity contribution >= 4 is 5.97 Å². The molecule has 0 atom stereocenters. The van der Waals surface area contributed by atoms with Crippen molar-refractivity contribution in [3.63, 3.8) is 0 Å². The van der Waals surface area contributed by atoms with E-state index in [2.05, 4.69) is 4.98 Å². The van der Waals surface area contributed by atoms with E-state index < -0.39 is 5.97 Å². The number of hydrogen-bond donors (Lipinski definition) is 0. The smallest absolute Gasteiger partial charge is 0.340 e. The zero-order valence-electron chi connectivity index (χ0n) is 10.00. The second kappa shape index (κ2) is 5.82. The molecule has 1 heterocycles. The Bertz CT molecular complexity index is 508. The maximum absolute atomic E-state index is 11.7. The van der Waals surface area contributed by atoms with E-state index >= 15 is 0 Å². The summed E-state index contributed by atoms with van der Waals surface area (Å²) in [6.45, 7) is 0.256. The largest absolute Gasteiger partial charge is 0.481 e. The third kappa shape index (κ3) is 3.07. The van der Waals surface area contributed by atoms with Crippen LogP contribution in [-0.2, 0) is 11.3 Å². The number of esters is 1. The Morgan fingerprint density at radius 3 is 2.56 bits per heavy atom. The molecule has 0 aliphatic heterocycles. The maximum Gasteiger partial charge on any atom is 0.340 e. The van der Waals surface area contributed by atoms with Crippen LogP contribution in [0.1, 0.15) is 15.9 Å². The molecule has 0 aliphatic rings. The van der Waals surface area contributed by atoms with Crippen LogP contribution in [0, 0.1) is 0 Å². The molecular weight excluding hydrogens is 230 g/mol. The average molecular weight is 243 g/mol. The zero-order chi connectivity index (χ0) is 12.8. The fourth-order valence-corrected chi connectivity index (χ4v) is 1.43. The Labute approximate surface area is 105 Å². The minimum Gasteiger partial charge on any atom is -0.481 e. The Morgan fingerprint density at radius 1 is 1.17 bits per heavy atom. The van der Waals surface area contributed by atoms with Crippen molar-refractivity contribution in [2.75, 3.05) is 7.11 Å². The molecule has 2 aromatic rings. The van der Waals surface area contributed by atoms with Gasteiger partial charge in [0.1, 0.15) is 6.61 Å². The summed E-state index contributed by atoms with van der Waals surface area (Å²) in [6.07, 6.45) is 1.44. The number of benzene rings is 1. The normalized spacial score (nSPS) is 9.83. The van der Waals surface area contributed by atoms with E-state index in [0.29, 0.717) is 11.4 Å². The van der Waals surface area contributed by atoms with Gasteiger partial charge in [0.05, 0.1) is 12.7 Å². The summed E-state index contributed by atoms with van der Waals surface area (Å²) in [4.78, 5) is 15.7. The van der Waals surface area contributed by atoms with Gasteiger partial charge in [-0.3, -0.25) is 0 Å². The number of carbonyl (C=O) groups excluding carboxylic acids is 1. The Balaban J connectivity index is 1.95. The van der Waals surface area contributed by atoms with Crippen molar-refractivity contribution < 1.29 is 14.3 Å². The monoisotopic (exact) mass is 243 g/mol. The molecule has 0 fully saturated rings. The van der Waals surface area contributed by atoms with Gasteiger partial charge < -0.3 is 9.47 Å². The lowest BCUT2D eigenvalue weighted by molar-refractivity contribution is 0.0472. The number of hydrogen-bond acceptors (Lipinski definition) is 4. The van der Waals surface area contributed by atoms with E-state index in [1.807, 2.05) is 30.3 Å². The molecule has 1 aromatic heterocycles. The molecule has 92 valence electrons. The van der Waals surface area contributed by atoms with Gasteiger partial charge in [-0.25, -0.2) is 9.78 Å². The predicted molar refractivity (Wildman–Crippen MR) is 66.4 cm³/mol. The molecule has 4 nitrogen and oxygen atoms in total. The molecule has 1 aromatic carbocycles. The topological polar surface area (TPSA) is 48.4 Å². The molecule has 4 heteroatoms. The zero-order valence-corrected chi connectivity index (χ0v) is 10.00. The van der Waals surface area contributed by atoms with Crippen molar-refractivity contribution in [3.05, 3.63) is 59.8 Å². The van der Waals surface area contributed by atoms with Crippen LogP contribution in [0.15, 0.2) is 48.7 Å². The number of aromatic nitrogens is 1. The first-order chi connectivity index (χ1) is 8.79. The minimum absolute atomic E-state index is 0.256. The van der Waals surface area contributed by atoms with Crippen molar-refractivity contribution in [2.45, 2.75) is 6.61 Å². The Hall–Kier alpha value is -2.36. The van der Waals surface area contributed by atoms with E-state index in [0.717, 1.165) is 5.56 Å². The Kier molecular flexibility index (Phi) is 3.91. The summed E-state index contributed by atoms with van der Waals surface area (Å²) >= 11 is 0. The highest BCUT2D eigenvalue weighted by Crippen LogP contribution is 2.09. The lowest BCUT2D eigenvalue weighted by Crippen LogP contribution is -2.05. The van der Waals surface area contributed by atoms with Crippen molar-refractivity contribution in [1.82, 2.24) is 4.98 Å². The summed E-state index contributed by atoms with van der Waals surface area (Å²) in [7, 11) is 1.52. The molecule has 0 bridgehead atoms. The first-order valence-corrected chi connectivity index (χ1v) is 5.50. The van der Waals surface area contributed by atoms with E-state index in [1.54, 1.807) is 12.1 Å². The number of methoxy groups -OCH3 is 1. The quantitative estimate of drug-likeness (QED) is 0.774. The minimum atomic E-state index is -0.394. The van der Waals surface area contributed by atoms with Crippen LogP contribution < -0.4 is 4.74 Å². The Morgan fingerprint density at radius 2 is 1.94 bits per heavy atom. The molecule has 18 heavy (non-hydrogen) atoms. The SMILES string of the molecule is COc1ccc(C(=O)OCc2ccccc2)cn1. The first kappa shape index (κ1) is 12.1. The molecule has 0 unspecified atom stereocenters. The van der Waals surface area contributed by atoms with Gasteiger partial charge in [-0.1, -0.05) is 30.3 Å². The molecule has 2 rings (SSSR count). The highest BCUT2D eigenvalue weighted by atomic mass is 16.5. The molecule has 0 saturated carbocycles. The molecular formula is C14H13NO3. The van der Waals surface area contributed by atoms with Crippen LogP contribution in [0.3, 0.4) is 0 Å². The van der Waals surface area contributed by atoms with Crippen molar-refractivity contribution in [2.24, 2.45) is 0 Å². The molecule has 0 saturated heterocycles. The fourth-order valence-electron chi connectivity index (χ4n) is 1.43. The van der Waals surface area contributed by atoms with Gasteiger partial charge in [0.15, 0.2) is 0 Å². The van der Waals surface area contributed by atoms with E-state index in [1.165, 1.54) is 13.3 Å². The summed E-state index contributed by atoms with van der Waals surface area (Å²) in [5.41, 5.74) is 1.36. The van der Waals surface area contributed by atoms with Crippen molar-refractivity contribution in [3.8, 4) is 5.88 Å². The number of ether oxygens (including phenoxy) is 2. The van der Waals surface area contributed by atoms with Gasteiger partial charge in [0.25, 0.3) is 0 Å². The van der Waals surface area contributed by atoms with Gasteiger partial charge in [0.2, 0.25) is 5.88 Å². The third-order valence-electron chi connectivity index (χ3n) is 2.39. The van der Waals surface area contributed by atoms with Crippen LogP contribution in [0.5, 0.6) is 5.88 Å². The number of pyridine rings is 1. The summed E-state index contributed by atoms with van der Waals surface area (Å²) in [6, 6.07) is 12.8. The summed E-state index contributed by atoms with van der Waals surface area (Å²) in [5, 5.41) is 0. The summed E-state index contributed by atoms with van der Waals surface area (Å²) < 4.78 is 10.1. The van der Waals surface area contributed by atoms with Crippen LogP contribution >= 0.6 is 0 Å². The highest BCUT2D eigenvalue weighted by Gasteiger charge is 2.07. The molecule has 0 amide bonds. The van der Waals surface area contributed by atoms with Crippen LogP contribution in [-0.4, -0.2) is 18.1 Å². The van der Waals surface area contributed by atoms with Crippen LogP contribution in [0.4, 0.5) is 0 Å². The van der Waals surface area contributed by atoms with E-state index in [4.69, 9.17) is 9.47 Å². The molecule has 0 spiro atoms. The van der Waals surface area contributed by atoms with Crippen LogP contribution in [0.25, 0.3) is 0 Å². The van der Waals surface area contributed by atoms with Crippen LogP contribution in [0.2, 0.25) is 0 Å². The molecule has 0 radical (unpaired) electrons. The standard InChI is InChI=1S/C14H13NO3/c1-17-13-8-7-12(9-15-13)14(16)18-10-11-5-3-2-4-6-11/h2-9H,10H2,1H3. The van der Waals surface area contributed by atoms with Gasteiger partial charge in [-0.15, -0.1) is 0 Å². The second-order valence-electron chi connectivity index (χ2n) is 3.65. The number of nitrogens with zero attached hydrogens (tertiary/aromatic N) is 1.